The van der Waals surface area contributed by atoms with Crippen LogP contribution in [0.25, 0.3) is 0 Å². The topological polar surface area (TPSA) is 115 Å². The predicted molar refractivity (Wildman–Crippen MR) is 118 cm³/mol. The van der Waals surface area contributed by atoms with Gasteiger partial charge in [0.2, 0.25) is 5.60 Å². The quantitative estimate of drug-likeness (QED) is 0.486. The molecule has 0 radical (unpaired) electrons. The molecular weight excluding hydrogens is 424 g/mol. The van der Waals surface area contributed by atoms with Crippen LogP contribution in [0.3, 0.4) is 0 Å². The molecule has 2 bridgehead atoms. The molecule has 2 N–H and O–H groups in total. The number of carbonyl (C=O) groups excluding carboxylic acids is 2. The molecule has 5 heterocycles. The van der Waals surface area contributed by atoms with Gasteiger partial charge >= 0.3 is 5.97 Å². The molecule has 1 aliphatic carbocycles. The summed E-state index contributed by atoms with van der Waals surface area (Å²) in [5, 5.41) is 14.4. The smallest absolute Gasteiger partial charge is 0.346 e. The van der Waals surface area contributed by atoms with E-state index in [0.717, 1.165) is 51.6 Å². The van der Waals surface area contributed by atoms with E-state index < -0.39 is 11.6 Å². The van der Waals surface area contributed by atoms with Crippen LogP contribution in [0.15, 0.2) is 41.4 Å². The van der Waals surface area contributed by atoms with Crippen molar-refractivity contribution in [3.8, 4) is 0 Å². The van der Waals surface area contributed by atoms with E-state index in [1.807, 2.05) is 0 Å². The SMILES string of the molecule is O=C(C[N+]12CCC(CC1)C(OC(=O)[C@](O)(c1ccco1)C1CCCC1)C2)Nc1cnccn1. The lowest BCUT2D eigenvalue weighted by Gasteiger charge is -2.51. The number of hydrogen-bond donors (Lipinski definition) is 2. The largest absolute Gasteiger partial charge is 0.466 e. The molecule has 2 atom stereocenters. The lowest BCUT2D eigenvalue weighted by atomic mass is 9.81. The second-order valence-electron chi connectivity index (χ2n) is 9.77. The van der Waals surface area contributed by atoms with Crippen molar-refractivity contribution in [3.63, 3.8) is 0 Å². The first-order chi connectivity index (χ1) is 16.0. The lowest BCUT2D eigenvalue weighted by Crippen LogP contribution is -2.66. The molecule has 2 aromatic heterocycles. The number of piperidine rings is 3. The first kappa shape index (κ1) is 22.0. The third-order valence-corrected chi connectivity index (χ3v) is 7.76. The first-order valence-corrected chi connectivity index (χ1v) is 11.9. The van der Waals surface area contributed by atoms with Crippen LogP contribution in [0.4, 0.5) is 5.82 Å². The fraction of sp³-hybridized carbons (Fsp3) is 0.583. The summed E-state index contributed by atoms with van der Waals surface area (Å²) in [6.07, 6.45) is 11.0. The molecule has 0 spiro atoms. The number of esters is 1. The van der Waals surface area contributed by atoms with E-state index in [1.165, 1.54) is 18.7 Å². The number of nitrogens with zero attached hydrogens (tertiary/aromatic N) is 3. The third kappa shape index (κ3) is 4.27. The summed E-state index contributed by atoms with van der Waals surface area (Å²) in [4.78, 5) is 34.2. The zero-order chi connectivity index (χ0) is 22.9. The van der Waals surface area contributed by atoms with Crippen molar-refractivity contribution >= 4 is 17.7 Å². The van der Waals surface area contributed by atoms with Crippen LogP contribution in [0, 0.1) is 11.8 Å². The maximum absolute atomic E-state index is 13.4. The van der Waals surface area contributed by atoms with E-state index in [2.05, 4.69) is 15.3 Å². The highest BCUT2D eigenvalue weighted by Crippen LogP contribution is 2.43. The van der Waals surface area contributed by atoms with Crippen LogP contribution in [0.5, 0.6) is 0 Å². The monoisotopic (exact) mass is 455 g/mol. The molecule has 1 unspecified atom stereocenters. The van der Waals surface area contributed by atoms with Gasteiger partial charge in [-0.2, -0.15) is 0 Å². The minimum atomic E-state index is -1.76. The van der Waals surface area contributed by atoms with E-state index >= 15 is 0 Å². The van der Waals surface area contributed by atoms with Crippen molar-refractivity contribution in [1.82, 2.24) is 9.97 Å². The Balaban J connectivity index is 1.28. The summed E-state index contributed by atoms with van der Waals surface area (Å²) in [6.45, 7) is 2.61. The van der Waals surface area contributed by atoms with Gasteiger partial charge in [0.1, 0.15) is 12.3 Å². The number of carbonyl (C=O) groups is 2. The molecule has 176 valence electrons. The first-order valence-electron chi connectivity index (χ1n) is 11.9. The van der Waals surface area contributed by atoms with E-state index in [4.69, 9.17) is 9.15 Å². The Morgan fingerprint density at radius 3 is 2.67 bits per heavy atom. The van der Waals surface area contributed by atoms with Crippen LogP contribution in [0.1, 0.15) is 44.3 Å². The number of aliphatic hydroxyl groups is 1. The zero-order valence-electron chi connectivity index (χ0n) is 18.7. The Morgan fingerprint density at radius 1 is 1.21 bits per heavy atom. The summed E-state index contributed by atoms with van der Waals surface area (Å²) in [5.41, 5.74) is -1.76. The molecule has 1 amide bonds. The van der Waals surface area contributed by atoms with E-state index in [0.29, 0.717) is 23.4 Å². The standard InChI is InChI=1S/C24H30N4O5/c29-22(27-21-14-25-9-10-26-21)16-28-11-7-17(8-12-28)19(15-28)33-23(30)24(31,18-4-1-2-5-18)20-6-3-13-32-20/h3,6,9-10,13-14,17-19,31H,1-2,4-5,7-8,11-12,15-16H2/p+1/t17?,19?,24-,28?/m1/s1. The summed E-state index contributed by atoms with van der Waals surface area (Å²) in [7, 11) is 0. The van der Waals surface area contributed by atoms with E-state index in [9.17, 15) is 14.7 Å². The van der Waals surface area contributed by atoms with Crippen LogP contribution in [-0.4, -0.2) is 63.7 Å². The molecule has 33 heavy (non-hydrogen) atoms. The summed E-state index contributed by atoms with van der Waals surface area (Å²) < 4.78 is 12.1. The molecule has 3 aliphatic heterocycles. The molecule has 3 saturated heterocycles. The van der Waals surface area contributed by atoms with Gasteiger partial charge in [0.25, 0.3) is 5.91 Å². The van der Waals surface area contributed by atoms with Crippen LogP contribution >= 0.6 is 0 Å². The summed E-state index contributed by atoms with van der Waals surface area (Å²) in [6, 6.07) is 3.34. The van der Waals surface area contributed by atoms with E-state index in [-0.39, 0.29) is 29.6 Å². The zero-order valence-corrected chi connectivity index (χ0v) is 18.7. The number of nitrogens with one attached hydrogen (secondary N) is 1. The molecule has 2 aromatic rings. The molecule has 9 heteroatoms. The fourth-order valence-electron chi connectivity index (χ4n) is 5.96. The lowest BCUT2D eigenvalue weighted by molar-refractivity contribution is -0.939. The third-order valence-electron chi connectivity index (χ3n) is 7.76. The minimum Gasteiger partial charge on any atom is -0.466 e. The predicted octanol–water partition coefficient (Wildman–Crippen LogP) is 2.24. The van der Waals surface area contributed by atoms with Crippen molar-refractivity contribution < 1.29 is 28.3 Å². The molecule has 9 nitrogen and oxygen atoms in total. The van der Waals surface area contributed by atoms with Crippen LogP contribution in [-0.2, 0) is 19.9 Å². The van der Waals surface area contributed by atoms with Gasteiger partial charge in [-0.05, 0) is 25.0 Å². The van der Waals surface area contributed by atoms with Crippen LogP contribution in [0.2, 0.25) is 0 Å². The average molecular weight is 456 g/mol. The highest BCUT2D eigenvalue weighted by molar-refractivity contribution is 5.90. The van der Waals surface area contributed by atoms with Gasteiger partial charge < -0.3 is 24.1 Å². The number of fused-ring (bicyclic) bond motifs is 3. The number of aromatic nitrogens is 2. The maximum Gasteiger partial charge on any atom is 0.346 e. The fourth-order valence-corrected chi connectivity index (χ4v) is 5.96. The molecule has 1 saturated carbocycles. The number of ether oxygens (including phenoxy) is 1. The average Bonchev–Trinajstić information content (AvgIpc) is 3.54. The van der Waals surface area contributed by atoms with Gasteiger partial charge in [0.05, 0.1) is 25.5 Å². The molecular formula is C24H31N4O5+. The summed E-state index contributed by atoms with van der Waals surface area (Å²) >= 11 is 0. The normalized spacial score (nSPS) is 28.9. The molecule has 4 aliphatic rings. The highest BCUT2D eigenvalue weighted by atomic mass is 16.6. The van der Waals surface area contributed by atoms with Gasteiger partial charge in [-0.25, -0.2) is 9.78 Å². The molecule has 6 rings (SSSR count). The summed E-state index contributed by atoms with van der Waals surface area (Å²) in [5.74, 6) is -0.0210. The highest BCUT2D eigenvalue weighted by Gasteiger charge is 2.54. The Kier molecular flexibility index (Phi) is 5.92. The number of anilines is 1. The second-order valence-corrected chi connectivity index (χ2v) is 9.77. The Morgan fingerprint density at radius 2 is 2.00 bits per heavy atom. The van der Waals surface area contributed by atoms with Crippen molar-refractivity contribution in [1.29, 1.82) is 0 Å². The van der Waals surface area contributed by atoms with Crippen molar-refractivity contribution in [2.45, 2.75) is 50.2 Å². The maximum atomic E-state index is 13.4. The van der Waals surface area contributed by atoms with Crippen molar-refractivity contribution in [2.24, 2.45) is 11.8 Å². The number of furan rings is 1. The minimum absolute atomic E-state index is 0.126. The van der Waals surface area contributed by atoms with Crippen molar-refractivity contribution in [2.75, 3.05) is 31.5 Å². The number of quaternary nitrogens is 1. The van der Waals surface area contributed by atoms with Gasteiger partial charge in [0.15, 0.2) is 18.5 Å². The molecule has 4 fully saturated rings. The Labute approximate surface area is 192 Å². The van der Waals surface area contributed by atoms with Gasteiger partial charge in [-0.1, -0.05) is 12.8 Å². The van der Waals surface area contributed by atoms with Gasteiger partial charge in [0, 0.05) is 37.1 Å². The van der Waals surface area contributed by atoms with Crippen LogP contribution < -0.4 is 5.32 Å². The van der Waals surface area contributed by atoms with Gasteiger partial charge in [-0.15, -0.1) is 0 Å². The Hall–Kier alpha value is -2.78. The van der Waals surface area contributed by atoms with E-state index in [1.54, 1.807) is 18.3 Å². The number of rotatable bonds is 7. The molecule has 0 aromatic carbocycles. The second kappa shape index (κ2) is 8.87. The Bertz CT molecular complexity index is 968. The number of amides is 1. The van der Waals surface area contributed by atoms with Gasteiger partial charge in [-0.3, -0.25) is 9.78 Å². The number of hydrogen-bond acceptors (Lipinski definition) is 7. The van der Waals surface area contributed by atoms with Crippen molar-refractivity contribution in [3.05, 3.63) is 42.7 Å².